The van der Waals surface area contributed by atoms with Crippen LogP contribution in [0.2, 0.25) is 5.02 Å². The number of para-hydroxylation sites is 2. The Kier molecular flexibility index (Phi) is 10.9. The molecule has 6 aromatic rings. The number of alkyl halides is 6. The van der Waals surface area contributed by atoms with Crippen LogP contribution in [0.4, 0.5) is 37.7 Å². The second-order valence-corrected chi connectivity index (χ2v) is 10.6. The highest BCUT2D eigenvalue weighted by atomic mass is 35.5. The number of nitrogens with one attached hydrogen (secondary N) is 2. The molecule has 0 fully saturated rings. The van der Waals surface area contributed by atoms with E-state index in [1.807, 2.05) is 72.8 Å². The van der Waals surface area contributed by atoms with Crippen molar-refractivity contribution >= 4 is 78.5 Å². The lowest BCUT2D eigenvalue weighted by molar-refractivity contribution is -0.193. The van der Waals surface area contributed by atoms with E-state index in [2.05, 4.69) is 29.7 Å². The average Bonchev–Trinajstić information content (AvgIpc) is 3.04. The number of fused-ring (bicyclic) bond motifs is 4. The van der Waals surface area contributed by atoms with Crippen LogP contribution in [-0.4, -0.2) is 57.7 Å². The van der Waals surface area contributed by atoms with E-state index < -0.39 is 24.3 Å². The number of carboxylic acids is 2. The number of anilines is 2. The summed E-state index contributed by atoms with van der Waals surface area (Å²) in [7, 11) is 1.67. The lowest BCUT2D eigenvalue weighted by atomic mass is 10.1. The molecule has 16 heteroatoms. The third-order valence-corrected chi connectivity index (χ3v) is 6.97. The fourth-order valence-electron chi connectivity index (χ4n) is 4.64. The van der Waals surface area contributed by atoms with E-state index in [0.717, 1.165) is 60.7 Å². The molecule has 6 rings (SSSR count). The van der Waals surface area contributed by atoms with Gasteiger partial charge in [-0.1, -0.05) is 48.0 Å². The summed E-state index contributed by atoms with van der Waals surface area (Å²) in [5.41, 5.74) is 5.65. The molecule has 49 heavy (non-hydrogen) atoms. The topological polar surface area (TPSA) is 134 Å². The molecule has 0 radical (unpaired) electrons. The van der Waals surface area contributed by atoms with Crippen LogP contribution in [0, 0.1) is 0 Å². The molecular formula is C33H25ClF6N4O5. The Bertz CT molecular complexity index is 2080. The first-order valence-electron chi connectivity index (χ1n) is 14.0. The molecule has 4 aromatic carbocycles. The second kappa shape index (κ2) is 14.7. The number of pyridine rings is 2. The van der Waals surface area contributed by atoms with Crippen molar-refractivity contribution < 1.29 is 50.9 Å². The lowest BCUT2D eigenvalue weighted by Crippen LogP contribution is -2.25. The van der Waals surface area contributed by atoms with Crippen LogP contribution < -0.4 is 15.4 Å². The predicted octanol–water partition coefficient (Wildman–Crippen LogP) is 8.89. The van der Waals surface area contributed by atoms with E-state index in [9.17, 15) is 26.3 Å². The van der Waals surface area contributed by atoms with Crippen LogP contribution in [0.25, 0.3) is 43.6 Å². The van der Waals surface area contributed by atoms with Gasteiger partial charge in [-0.2, -0.15) is 26.3 Å². The first kappa shape index (κ1) is 36.3. The minimum absolute atomic E-state index is 0.111. The first-order valence-corrected chi connectivity index (χ1v) is 14.3. The van der Waals surface area contributed by atoms with Crippen LogP contribution in [0.15, 0.2) is 84.9 Å². The Morgan fingerprint density at radius 3 is 1.59 bits per heavy atom. The summed E-state index contributed by atoms with van der Waals surface area (Å²) in [5.74, 6) is -4.73. The summed E-state index contributed by atoms with van der Waals surface area (Å²) in [6.45, 7) is 2.11. The Hall–Kier alpha value is -5.57. The molecule has 2 heterocycles. The van der Waals surface area contributed by atoms with E-state index in [1.54, 1.807) is 7.11 Å². The molecule has 0 bridgehead atoms. The third-order valence-electron chi connectivity index (χ3n) is 6.74. The summed E-state index contributed by atoms with van der Waals surface area (Å²) in [5, 5.41) is 26.5. The normalized spacial score (nSPS) is 12.0. The molecule has 4 N–H and O–H groups in total. The highest BCUT2D eigenvalue weighted by Gasteiger charge is 2.38. The number of hydrogen-bond donors (Lipinski definition) is 4. The fraction of sp³-hybridized carbons (Fsp3) is 0.152. The summed E-state index contributed by atoms with van der Waals surface area (Å²) in [6, 6.07) is 28.1. The third kappa shape index (κ3) is 8.87. The van der Waals surface area contributed by atoms with Crippen molar-refractivity contribution in [2.45, 2.75) is 25.4 Å². The Morgan fingerprint density at radius 2 is 1.10 bits per heavy atom. The van der Waals surface area contributed by atoms with E-state index in [1.165, 1.54) is 0 Å². The standard InChI is InChI=1S/C29H23ClN4O.2C2HF3O2/c1-17(31-28-20-7-3-5-9-24(20)33-25-10-6-4-8-21(25)28)32-29-22-13-11-18(30)15-27(22)34-26-14-12-19(35-2)16-23(26)29;2*3-2(4,5)1(6)7/h3-17H,1-2H3,(H,31,33)(H,32,34);2*(H,6,7). The minimum atomic E-state index is -5.08. The smallest absolute Gasteiger partial charge is 0.490 e. The zero-order valence-electron chi connectivity index (χ0n) is 25.3. The number of rotatable bonds is 5. The second-order valence-electron chi connectivity index (χ2n) is 10.2. The summed E-state index contributed by atoms with van der Waals surface area (Å²) >= 11 is 6.30. The first-order chi connectivity index (χ1) is 23.0. The van der Waals surface area contributed by atoms with Gasteiger partial charge in [-0.15, -0.1) is 0 Å². The maximum Gasteiger partial charge on any atom is 0.490 e. The number of aliphatic carboxylic acids is 2. The molecule has 0 spiro atoms. The van der Waals surface area contributed by atoms with Crippen molar-refractivity contribution in [3.05, 3.63) is 90.0 Å². The molecule has 9 nitrogen and oxygen atoms in total. The van der Waals surface area contributed by atoms with Gasteiger partial charge in [0.05, 0.1) is 46.7 Å². The SMILES string of the molecule is COc1ccc2nc3cc(Cl)ccc3c(NC(C)Nc3c4ccccc4nc4ccccc34)c2c1.O=C(O)C(F)(F)F.O=C(O)C(F)(F)F. The van der Waals surface area contributed by atoms with Crippen molar-refractivity contribution in [2.75, 3.05) is 17.7 Å². The number of ether oxygens (including phenoxy) is 1. The van der Waals surface area contributed by atoms with Crippen LogP contribution in [0.5, 0.6) is 5.75 Å². The molecule has 1 atom stereocenters. The number of nitrogens with zero attached hydrogens (tertiary/aromatic N) is 2. The van der Waals surface area contributed by atoms with Gasteiger partial charge in [-0.05, 0) is 55.5 Å². The van der Waals surface area contributed by atoms with Gasteiger partial charge in [0.2, 0.25) is 0 Å². The van der Waals surface area contributed by atoms with Crippen LogP contribution in [-0.2, 0) is 9.59 Å². The van der Waals surface area contributed by atoms with Gasteiger partial charge in [-0.3, -0.25) is 0 Å². The van der Waals surface area contributed by atoms with Crippen molar-refractivity contribution in [1.82, 2.24) is 9.97 Å². The van der Waals surface area contributed by atoms with Crippen molar-refractivity contribution in [3.63, 3.8) is 0 Å². The summed E-state index contributed by atoms with van der Waals surface area (Å²) in [6.07, 6.45) is -10.3. The van der Waals surface area contributed by atoms with E-state index in [4.69, 9.17) is 46.1 Å². The molecule has 1 unspecified atom stereocenters. The van der Waals surface area contributed by atoms with E-state index in [-0.39, 0.29) is 6.17 Å². The minimum Gasteiger partial charge on any atom is -0.497 e. The van der Waals surface area contributed by atoms with Gasteiger partial charge in [0.25, 0.3) is 0 Å². The molecule has 0 amide bonds. The molecule has 0 saturated heterocycles. The zero-order chi connectivity index (χ0) is 36.1. The van der Waals surface area contributed by atoms with Gasteiger partial charge >= 0.3 is 24.3 Å². The van der Waals surface area contributed by atoms with Gasteiger partial charge in [0.1, 0.15) is 5.75 Å². The molecule has 0 saturated carbocycles. The molecule has 0 aliphatic heterocycles. The maximum atomic E-state index is 10.6. The van der Waals surface area contributed by atoms with Crippen molar-refractivity contribution in [3.8, 4) is 5.75 Å². The average molecular weight is 707 g/mol. The summed E-state index contributed by atoms with van der Waals surface area (Å²) in [4.78, 5) is 27.5. The van der Waals surface area contributed by atoms with Gasteiger partial charge in [-0.25, -0.2) is 19.6 Å². The fourth-order valence-corrected chi connectivity index (χ4v) is 4.81. The number of benzene rings is 4. The Morgan fingerprint density at radius 1 is 0.673 bits per heavy atom. The number of aromatic nitrogens is 2. The van der Waals surface area contributed by atoms with Crippen LogP contribution in [0.1, 0.15) is 6.92 Å². The van der Waals surface area contributed by atoms with Gasteiger partial charge in [0, 0.05) is 26.6 Å². The number of hydrogen-bond acceptors (Lipinski definition) is 7. The zero-order valence-corrected chi connectivity index (χ0v) is 26.1. The van der Waals surface area contributed by atoms with Crippen molar-refractivity contribution in [1.29, 1.82) is 0 Å². The lowest BCUT2D eigenvalue weighted by Gasteiger charge is -2.23. The Labute approximate surface area is 278 Å². The number of carbonyl (C=O) groups is 2. The van der Waals surface area contributed by atoms with Gasteiger partial charge < -0.3 is 25.6 Å². The number of halogens is 7. The number of methoxy groups -OCH3 is 1. The highest BCUT2D eigenvalue weighted by molar-refractivity contribution is 6.31. The van der Waals surface area contributed by atoms with Crippen LogP contribution >= 0.6 is 11.6 Å². The summed E-state index contributed by atoms with van der Waals surface area (Å²) < 4.78 is 69.0. The molecular weight excluding hydrogens is 682 g/mol. The molecule has 0 aliphatic rings. The molecule has 2 aromatic heterocycles. The van der Waals surface area contributed by atoms with E-state index in [0.29, 0.717) is 5.02 Å². The maximum absolute atomic E-state index is 10.6. The quantitative estimate of drug-likeness (QED) is 0.0788. The monoisotopic (exact) mass is 706 g/mol. The van der Waals surface area contributed by atoms with Crippen molar-refractivity contribution in [2.24, 2.45) is 0 Å². The Balaban J connectivity index is 0.000000327. The number of carboxylic acid groups (broad SMARTS) is 2. The highest BCUT2D eigenvalue weighted by Crippen LogP contribution is 2.36. The molecule has 256 valence electrons. The largest absolute Gasteiger partial charge is 0.497 e. The van der Waals surface area contributed by atoms with Crippen LogP contribution in [0.3, 0.4) is 0 Å². The molecule has 0 aliphatic carbocycles. The predicted molar refractivity (Wildman–Crippen MR) is 174 cm³/mol. The van der Waals surface area contributed by atoms with Gasteiger partial charge in [0.15, 0.2) is 0 Å². The van der Waals surface area contributed by atoms with E-state index >= 15 is 0 Å².